The zero-order chi connectivity index (χ0) is 38.5. The van der Waals surface area contributed by atoms with Gasteiger partial charge in [-0.2, -0.15) is 5.10 Å². The second-order valence-electron chi connectivity index (χ2n) is 15.6. The summed E-state index contributed by atoms with van der Waals surface area (Å²) in [5, 5.41) is 16.7. The van der Waals surface area contributed by atoms with Crippen LogP contribution in [0.25, 0.3) is 27.5 Å². The Morgan fingerprint density at radius 1 is 0.927 bits per heavy atom. The molecule has 3 aromatic carbocycles. The van der Waals surface area contributed by atoms with Crippen molar-refractivity contribution in [3.05, 3.63) is 102 Å². The number of rotatable bonds is 7. The van der Waals surface area contributed by atoms with Crippen LogP contribution in [0.15, 0.2) is 79.0 Å². The molecule has 2 aliphatic heterocycles. The molecule has 6 aromatic rings. The van der Waals surface area contributed by atoms with Gasteiger partial charge in [0, 0.05) is 58.8 Å². The smallest absolute Gasteiger partial charge is 0.410 e. The van der Waals surface area contributed by atoms with E-state index in [0.29, 0.717) is 52.2 Å². The van der Waals surface area contributed by atoms with Gasteiger partial charge in [0.15, 0.2) is 0 Å². The maximum atomic E-state index is 15.4. The summed E-state index contributed by atoms with van der Waals surface area (Å²) in [7, 11) is 1.64. The van der Waals surface area contributed by atoms with Crippen LogP contribution in [0.2, 0.25) is 0 Å². The highest BCUT2D eigenvalue weighted by atomic mass is 16.6. The average Bonchev–Trinajstić information content (AvgIpc) is 3.88. The fourth-order valence-electron chi connectivity index (χ4n) is 8.33. The van der Waals surface area contributed by atoms with Crippen LogP contribution in [0.4, 0.5) is 4.79 Å². The SMILES string of the molecule is COc1cccc(-n2nc(C)c(C3COCCN3C(=O)C3(n4cc(Cn5c6ccccc6c6ccccc65)nn4)CCN(C(=O)OC(C)(C)C)CC3)c2C)c1. The summed E-state index contributed by atoms with van der Waals surface area (Å²) in [6, 6.07) is 24.1. The number of carbonyl (C=O) groups is 2. The van der Waals surface area contributed by atoms with Gasteiger partial charge in [0.1, 0.15) is 22.6 Å². The van der Waals surface area contributed by atoms with Gasteiger partial charge in [0.05, 0.1) is 50.5 Å². The largest absolute Gasteiger partial charge is 0.497 e. The number of amides is 2. The van der Waals surface area contributed by atoms with Crippen molar-refractivity contribution in [1.29, 1.82) is 0 Å². The Hall–Kier alpha value is -5.69. The van der Waals surface area contributed by atoms with Gasteiger partial charge in [0.2, 0.25) is 0 Å². The van der Waals surface area contributed by atoms with Gasteiger partial charge in [-0.1, -0.05) is 47.7 Å². The lowest BCUT2D eigenvalue weighted by molar-refractivity contribution is -0.153. The third-order valence-corrected chi connectivity index (χ3v) is 11.0. The fourth-order valence-corrected chi connectivity index (χ4v) is 8.33. The molecule has 55 heavy (non-hydrogen) atoms. The second kappa shape index (κ2) is 14.2. The zero-order valence-electron chi connectivity index (χ0n) is 32.4. The third kappa shape index (κ3) is 6.60. The molecule has 3 aromatic heterocycles. The average molecular weight is 745 g/mol. The predicted molar refractivity (Wildman–Crippen MR) is 208 cm³/mol. The van der Waals surface area contributed by atoms with Crippen molar-refractivity contribution in [2.45, 2.75) is 71.2 Å². The lowest BCUT2D eigenvalue weighted by Gasteiger charge is -2.45. The Morgan fingerprint density at radius 2 is 1.62 bits per heavy atom. The molecule has 2 amide bonds. The quantitative estimate of drug-likeness (QED) is 0.180. The molecule has 13 nitrogen and oxygen atoms in total. The minimum absolute atomic E-state index is 0.0779. The number of ether oxygens (including phenoxy) is 3. The number of hydrogen-bond acceptors (Lipinski definition) is 8. The van der Waals surface area contributed by atoms with Gasteiger partial charge in [-0.3, -0.25) is 4.79 Å². The van der Waals surface area contributed by atoms with Gasteiger partial charge < -0.3 is 28.6 Å². The fraction of sp³-hybridized carbons (Fsp3) is 0.405. The highest BCUT2D eigenvalue weighted by Crippen LogP contribution is 2.39. The van der Waals surface area contributed by atoms with Crippen LogP contribution in [0, 0.1) is 13.8 Å². The van der Waals surface area contributed by atoms with Gasteiger partial charge in [-0.15, -0.1) is 5.10 Å². The van der Waals surface area contributed by atoms with E-state index in [0.717, 1.165) is 45.1 Å². The molecule has 5 heterocycles. The molecule has 286 valence electrons. The molecule has 0 aliphatic carbocycles. The van der Waals surface area contributed by atoms with E-state index < -0.39 is 11.1 Å². The molecule has 0 radical (unpaired) electrons. The van der Waals surface area contributed by atoms with Crippen LogP contribution in [0.5, 0.6) is 5.75 Å². The van der Waals surface area contributed by atoms with E-state index in [1.54, 1.807) is 16.7 Å². The standard InChI is InChI=1S/C42H48N8O5/c1-28-38(29(2)50(44-28)31-12-11-13-32(24-31)53-6)37-27-54-23-22-47(37)39(51)42(18-20-46(21-19-42)40(52)55-41(3,4)5)49-26-30(43-45-49)25-48-35-16-9-7-14-33(35)34-15-8-10-17-36(34)48/h7-17,24,26,37H,18-23,25,27H2,1-6H3. The molecule has 1 atom stereocenters. The number of likely N-dealkylation sites (tertiary alicyclic amines) is 1. The Balaban J connectivity index is 1.16. The van der Waals surface area contributed by atoms with Crippen LogP contribution >= 0.6 is 0 Å². The molecule has 0 saturated carbocycles. The van der Waals surface area contributed by atoms with E-state index in [1.165, 1.54) is 10.8 Å². The van der Waals surface area contributed by atoms with E-state index in [9.17, 15) is 4.79 Å². The summed E-state index contributed by atoms with van der Waals surface area (Å²) in [5.41, 5.74) is 4.74. The number of fused-ring (bicyclic) bond motifs is 3. The number of carbonyl (C=O) groups excluding carboxylic acids is 2. The normalized spacial score (nSPS) is 17.5. The van der Waals surface area contributed by atoms with E-state index >= 15 is 4.79 Å². The van der Waals surface area contributed by atoms with E-state index in [4.69, 9.17) is 24.5 Å². The molecule has 2 fully saturated rings. The van der Waals surface area contributed by atoms with Crippen molar-refractivity contribution in [2.24, 2.45) is 0 Å². The summed E-state index contributed by atoms with van der Waals surface area (Å²) in [4.78, 5) is 32.3. The maximum absolute atomic E-state index is 15.4. The monoisotopic (exact) mass is 744 g/mol. The van der Waals surface area contributed by atoms with E-state index in [2.05, 4.69) is 46.1 Å². The van der Waals surface area contributed by atoms with Crippen LogP contribution < -0.4 is 4.74 Å². The predicted octanol–water partition coefficient (Wildman–Crippen LogP) is 6.57. The van der Waals surface area contributed by atoms with Gasteiger partial charge in [0.25, 0.3) is 5.91 Å². The number of morpholine rings is 1. The van der Waals surface area contributed by atoms with Crippen molar-refractivity contribution >= 4 is 33.8 Å². The number of aromatic nitrogens is 6. The molecule has 8 rings (SSSR count). The highest BCUT2D eigenvalue weighted by molar-refractivity contribution is 6.08. The van der Waals surface area contributed by atoms with Gasteiger partial charge in [-0.25, -0.2) is 14.2 Å². The molecule has 2 saturated heterocycles. The third-order valence-electron chi connectivity index (χ3n) is 11.0. The lowest BCUT2D eigenvalue weighted by Crippen LogP contribution is -2.59. The number of hydrogen-bond donors (Lipinski definition) is 0. The zero-order valence-corrected chi connectivity index (χ0v) is 32.4. The number of para-hydroxylation sites is 2. The number of methoxy groups -OCH3 is 1. The lowest BCUT2D eigenvalue weighted by atomic mass is 9.85. The van der Waals surface area contributed by atoms with Gasteiger partial charge in [-0.05, 0) is 71.7 Å². The summed E-state index contributed by atoms with van der Waals surface area (Å²) >= 11 is 0. The van der Waals surface area contributed by atoms with E-state index in [-0.39, 0.29) is 18.0 Å². The first-order chi connectivity index (χ1) is 26.5. The highest BCUT2D eigenvalue weighted by Gasteiger charge is 2.50. The van der Waals surface area contributed by atoms with Crippen LogP contribution in [-0.4, -0.2) is 96.7 Å². The first-order valence-corrected chi connectivity index (χ1v) is 18.9. The summed E-state index contributed by atoms with van der Waals surface area (Å²) in [6.07, 6.45) is 2.21. The number of benzene rings is 3. The topological polar surface area (TPSA) is 122 Å². The minimum atomic E-state index is -1.11. The summed E-state index contributed by atoms with van der Waals surface area (Å²) in [6.45, 7) is 11.8. The maximum Gasteiger partial charge on any atom is 0.410 e. The molecular weight excluding hydrogens is 697 g/mol. The van der Waals surface area contributed by atoms with Crippen LogP contribution in [0.1, 0.15) is 62.3 Å². The Morgan fingerprint density at radius 3 is 2.29 bits per heavy atom. The minimum Gasteiger partial charge on any atom is -0.497 e. The molecule has 1 unspecified atom stereocenters. The second-order valence-corrected chi connectivity index (χ2v) is 15.6. The molecule has 0 bridgehead atoms. The first kappa shape index (κ1) is 36.3. The summed E-state index contributed by atoms with van der Waals surface area (Å²) < 4.78 is 23.2. The Bertz CT molecular complexity index is 2320. The van der Waals surface area contributed by atoms with Crippen molar-refractivity contribution in [3.63, 3.8) is 0 Å². The van der Waals surface area contributed by atoms with Crippen LogP contribution in [0.3, 0.4) is 0 Å². The van der Waals surface area contributed by atoms with Gasteiger partial charge >= 0.3 is 6.09 Å². The molecule has 0 N–H and O–H groups in total. The van der Waals surface area contributed by atoms with Crippen molar-refractivity contribution in [1.82, 2.24) is 39.1 Å². The van der Waals surface area contributed by atoms with Crippen molar-refractivity contribution in [3.8, 4) is 11.4 Å². The van der Waals surface area contributed by atoms with Crippen molar-refractivity contribution < 1.29 is 23.8 Å². The van der Waals surface area contributed by atoms with Crippen molar-refractivity contribution in [2.75, 3.05) is 40.0 Å². The molecule has 0 spiro atoms. The summed E-state index contributed by atoms with van der Waals surface area (Å²) in [5.74, 6) is 0.653. The Kier molecular flexibility index (Phi) is 9.36. The molecule has 2 aliphatic rings. The number of aryl methyl sites for hydroxylation is 1. The first-order valence-electron chi connectivity index (χ1n) is 18.9. The number of nitrogens with zero attached hydrogens (tertiary/aromatic N) is 8. The Labute approximate surface area is 320 Å². The molecular formula is C42H48N8O5. The number of piperidine rings is 1. The molecule has 13 heteroatoms. The van der Waals surface area contributed by atoms with Crippen LogP contribution in [-0.2, 0) is 26.4 Å². The van der Waals surface area contributed by atoms with E-state index in [1.807, 2.05) is 86.8 Å².